The van der Waals surface area contributed by atoms with Crippen LogP contribution in [-0.4, -0.2) is 68.5 Å². The first-order valence-electron chi connectivity index (χ1n) is 14.4. The van der Waals surface area contributed by atoms with E-state index in [9.17, 15) is 39.9 Å². The molecule has 44 heavy (non-hydrogen) atoms. The van der Waals surface area contributed by atoms with Gasteiger partial charge in [-0.15, -0.1) is 0 Å². The maximum absolute atomic E-state index is 13.2. The number of nitrogens with one attached hydrogen (secondary N) is 1. The third-order valence-electron chi connectivity index (χ3n) is 8.64. The average Bonchev–Trinajstić information content (AvgIpc) is 3.28. The summed E-state index contributed by atoms with van der Waals surface area (Å²) in [5.41, 5.74) is -0.894. The van der Waals surface area contributed by atoms with Gasteiger partial charge in [0, 0.05) is 24.1 Å². The molecular formula is C30H34F3N3O6S2. The lowest BCUT2D eigenvalue weighted by Gasteiger charge is -2.34. The van der Waals surface area contributed by atoms with E-state index in [-0.39, 0.29) is 60.0 Å². The molecule has 2 fully saturated rings. The average molecular weight is 654 g/mol. The van der Waals surface area contributed by atoms with E-state index < -0.39 is 43.0 Å². The number of amidine groups is 1. The minimum Gasteiger partial charge on any atom is -0.393 e. The fraction of sp³-hybridized carbons (Fsp3) is 0.467. The number of aliphatic hydroxyl groups is 1. The molecule has 0 atom stereocenters. The van der Waals surface area contributed by atoms with Gasteiger partial charge >= 0.3 is 6.18 Å². The van der Waals surface area contributed by atoms with Crippen molar-refractivity contribution in [1.82, 2.24) is 9.62 Å². The van der Waals surface area contributed by atoms with Crippen molar-refractivity contribution in [2.45, 2.75) is 68.2 Å². The minimum atomic E-state index is -4.55. The van der Waals surface area contributed by atoms with Gasteiger partial charge in [0.25, 0.3) is 5.91 Å². The standard InChI is InChI=1S/C30H34F3N3O6S2/c1-20-17-26(43(39,40)19-21-5-8-25(37)9-6-21)10-7-22(20)11-16-44(41,42)36-14-12-29(13-15-36)28(38)34-27(35-29)23-3-2-4-24(18-23)30(31,32)33/h2-4,7,10-11,16-18,21,25,37H,5-6,8-9,12-15,19H2,1H3,(H,34,35,38)/b16-11+. The van der Waals surface area contributed by atoms with E-state index in [1.54, 1.807) is 13.0 Å². The third kappa shape index (κ3) is 6.93. The van der Waals surface area contributed by atoms with Gasteiger partial charge in [0.05, 0.1) is 22.3 Å². The summed E-state index contributed by atoms with van der Waals surface area (Å²) in [6.07, 6.45) is -0.907. The molecule has 5 rings (SSSR count). The second kappa shape index (κ2) is 12.0. The number of sulfonamides is 1. The number of amides is 1. The molecule has 0 aromatic heterocycles. The van der Waals surface area contributed by atoms with Gasteiger partial charge in [0.15, 0.2) is 9.84 Å². The number of carbonyl (C=O) groups is 1. The molecule has 1 saturated heterocycles. The normalized spacial score (nSPS) is 23.2. The molecule has 2 aromatic carbocycles. The van der Waals surface area contributed by atoms with E-state index in [0.29, 0.717) is 36.8 Å². The molecule has 1 saturated carbocycles. The number of carbonyl (C=O) groups excluding carboxylic acids is 1. The highest BCUT2D eigenvalue weighted by Crippen LogP contribution is 2.34. The largest absolute Gasteiger partial charge is 0.416 e. The van der Waals surface area contributed by atoms with Crippen molar-refractivity contribution < 1.29 is 39.9 Å². The number of rotatable bonds is 7. The Morgan fingerprint density at radius 2 is 1.73 bits per heavy atom. The topological polar surface area (TPSA) is 133 Å². The molecule has 2 heterocycles. The molecule has 238 valence electrons. The van der Waals surface area contributed by atoms with Crippen molar-refractivity contribution in [2.24, 2.45) is 10.9 Å². The van der Waals surface area contributed by atoms with Gasteiger partial charge in [-0.25, -0.2) is 16.8 Å². The van der Waals surface area contributed by atoms with Crippen molar-refractivity contribution in [3.63, 3.8) is 0 Å². The molecule has 0 bridgehead atoms. The Bertz CT molecular complexity index is 1710. The maximum Gasteiger partial charge on any atom is 0.416 e. The van der Waals surface area contributed by atoms with Crippen LogP contribution in [-0.2, 0) is 30.8 Å². The molecule has 1 aliphatic carbocycles. The zero-order chi connectivity index (χ0) is 31.9. The van der Waals surface area contributed by atoms with Gasteiger partial charge in [-0.3, -0.25) is 9.79 Å². The number of sulfone groups is 1. The van der Waals surface area contributed by atoms with E-state index in [1.165, 1.54) is 34.6 Å². The van der Waals surface area contributed by atoms with Gasteiger partial charge < -0.3 is 10.4 Å². The van der Waals surface area contributed by atoms with Crippen molar-refractivity contribution >= 4 is 37.7 Å². The summed E-state index contributed by atoms with van der Waals surface area (Å²) < 4.78 is 92.9. The highest BCUT2D eigenvalue weighted by atomic mass is 32.2. The Kier molecular flexibility index (Phi) is 8.84. The lowest BCUT2D eigenvalue weighted by atomic mass is 9.89. The Hall–Kier alpha value is -3.07. The van der Waals surface area contributed by atoms with Crippen LogP contribution in [0.4, 0.5) is 13.2 Å². The first-order chi connectivity index (χ1) is 20.6. The molecule has 2 N–H and O–H groups in total. The van der Waals surface area contributed by atoms with Crippen LogP contribution in [0.1, 0.15) is 60.8 Å². The first-order valence-corrected chi connectivity index (χ1v) is 17.5. The van der Waals surface area contributed by atoms with Crippen LogP contribution in [0, 0.1) is 12.8 Å². The molecule has 2 aromatic rings. The molecule has 2 aliphatic heterocycles. The Balaban J connectivity index is 1.24. The summed E-state index contributed by atoms with van der Waals surface area (Å²) >= 11 is 0. The lowest BCUT2D eigenvalue weighted by molar-refractivity contribution is -0.137. The molecular weight excluding hydrogens is 619 g/mol. The zero-order valence-electron chi connectivity index (χ0n) is 24.0. The second-order valence-electron chi connectivity index (χ2n) is 11.7. The number of nitrogens with zero attached hydrogens (tertiary/aromatic N) is 2. The SMILES string of the molecule is Cc1cc(S(=O)(=O)CC2CCC(O)CC2)ccc1/C=C/S(=O)(=O)N1CCC2(CC1)N=C(c1cccc(C(F)(F)F)c1)NC2=O. The van der Waals surface area contributed by atoms with Crippen LogP contribution in [0.25, 0.3) is 6.08 Å². The van der Waals surface area contributed by atoms with Crippen molar-refractivity contribution in [3.8, 4) is 0 Å². The number of hydrogen-bond acceptors (Lipinski definition) is 7. The predicted octanol–water partition coefficient (Wildman–Crippen LogP) is 4.05. The van der Waals surface area contributed by atoms with E-state index >= 15 is 0 Å². The fourth-order valence-electron chi connectivity index (χ4n) is 5.94. The van der Waals surface area contributed by atoms with Crippen LogP contribution >= 0.6 is 0 Å². The fourth-order valence-corrected chi connectivity index (χ4v) is 8.90. The molecule has 0 radical (unpaired) electrons. The smallest absolute Gasteiger partial charge is 0.393 e. The molecule has 1 spiro atoms. The van der Waals surface area contributed by atoms with Crippen LogP contribution in [0.3, 0.4) is 0 Å². The highest BCUT2D eigenvalue weighted by molar-refractivity contribution is 7.92. The van der Waals surface area contributed by atoms with Crippen molar-refractivity contribution in [2.75, 3.05) is 18.8 Å². The summed E-state index contributed by atoms with van der Waals surface area (Å²) in [5.74, 6) is -0.465. The van der Waals surface area contributed by atoms with E-state index in [4.69, 9.17) is 0 Å². The number of aliphatic hydroxyl groups excluding tert-OH is 1. The summed E-state index contributed by atoms with van der Waals surface area (Å²) in [6.45, 7) is 1.66. The van der Waals surface area contributed by atoms with Gasteiger partial charge in [0.2, 0.25) is 10.0 Å². The Labute approximate surface area is 254 Å². The van der Waals surface area contributed by atoms with E-state index in [2.05, 4.69) is 10.3 Å². The molecule has 3 aliphatic rings. The molecule has 14 heteroatoms. The number of hydrogen-bond donors (Lipinski definition) is 2. The monoisotopic (exact) mass is 653 g/mol. The van der Waals surface area contributed by atoms with Gasteiger partial charge in [-0.05, 0) is 92.8 Å². The second-order valence-corrected chi connectivity index (χ2v) is 15.6. The maximum atomic E-state index is 13.2. The van der Waals surface area contributed by atoms with Gasteiger partial charge in [0.1, 0.15) is 11.4 Å². The predicted molar refractivity (Wildman–Crippen MR) is 159 cm³/mol. The number of benzene rings is 2. The summed E-state index contributed by atoms with van der Waals surface area (Å²) in [5, 5.41) is 13.3. The van der Waals surface area contributed by atoms with Crippen molar-refractivity contribution in [1.29, 1.82) is 0 Å². The number of alkyl halides is 3. The number of halogens is 3. The quantitative estimate of drug-likeness (QED) is 0.464. The number of piperidine rings is 1. The van der Waals surface area contributed by atoms with Gasteiger partial charge in [-0.2, -0.15) is 17.5 Å². The molecule has 1 amide bonds. The highest BCUT2D eigenvalue weighted by Gasteiger charge is 2.47. The Morgan fingerprint density at radius 1 is 1.05 bits per heavy atom. The number of aryl methyl sites for hydroxylation is 1. The van der Waals surface area contributed by atoms with Crippen LogP contribution in [0.5, 0.6) is 0 Å². The number of aliphatic imine (C=N–C) groups is 1. The molecule has 9 nitrogen and oxygen atoms in total. The van der Waals surface area contributed by atoms with Gasteiger partial charge in [-0.1, -0.05) is 18.2 Å². The summed E-state index contributed by atoms with van der Waals surface area (Å²) in [4.78, 5) is 17.5. The van der Waals surface area contributed by atoms with Crippen LogP contribution < -0.4 is 5.32 Å². The van der Waals surface area contributed by atoms with Crippen LogP contribution in [0.2, 0.25) is 0 Å². The third-order valence-corrected chi connectivity index (χ3v) is 12.1. The van der Waals surface area contributed by atoms with E-state index in [1.807, 2.05) is 0 Å². The van der Waals surface area contributed by atoms with E-state index in [0.717, 1.165) is 17.5 Å². The Morgan fingerprint density at radius 3 is 2.36 bits per heavy atom. The first kappa shape index (κ1) is 32.3. The summed E-state index contributed by atoms with van der Waals surface area (Å²) in [6, 6.07) is 9.06. The summed E-state index contributed by atoms with van der Waals surface area (Å²) in [7, 11) is -7.45. The van der Waals surface area contributed by atoms with Crippen LogP contribution in [0.15, 0.2) is 57.8 Å². The van der Waals surface area contributed by atoms with Crippen molar-refractivity contribution in [3.05, 3.63) is 70.1 Å². The lowest BCUT2D eigenvalue weighted by Crippen LogP contribution is -2.50. The zero-order valence-corrected chi connectivity index (χ0v) is 25.7. The minimum absolute atomic E-state index is 0.00266. The molecule has 0 unspecified atom stereocenters.